The SMILES string of the molecule is N#CCC(=O)N1CCCC[C@H]1c1cccnc1. The number of carbonyl (C=O) groups is 1. The topological polar surface area (TPSA) is 57.0 Å². The molecule has 1 aromatic heterocycles. The largest absolute Gasteiger partial charge is 0.335 e. The van der Waals surface area contributed by atoms with E-state index in [0.29, 0.717) is 0 Å². The molecule has 1 amide bonds. The Balaban J connectivity index is 2.18. The predicted octanol–water partition coefficient (Wildman–Crippen LogP) is 2.05. The van der Waals surface area contributed by atoms with Gasteiger partial charge in [-0.25, -0.2) is 0 Å². The van der Waals surface area contributed by atoms with E-state index in [0.717, 1.165) is 31.4 Å². The van der Waals surface area contributed by atoms with Crippen LogP contribution in [0.4, 0.5) is 0 Å². The molecule has 88 valence electrons. The van der Waals surface area contributed by atoms with Gasteiger partial charge in [0.25, 0.3) is 0 Å². The number of aromatic nitrogens is 1. The fourth-order valence-electron chi connectivity index (χ4n) is 2.32. The highest BCUT2D eigenvalue weighted by molar-refractivity contribution is 5.78. The molecule has 0 aromatic carbocycles. The average molecular weight is 229 g/mol. The molecule has 0 saturated carbocycles. The number of likely N-dealkylation sites (tertiary alicyclic amines) is 1. The minimum atomic E-state index is -0.0685. The standard InChI is InChI=1S/C13H15N3O/c14-7-6-13(17)16-9-2-1-5-12(16)11-4-3-8-15-10-11/h3-4,8,10,12H,1-2,5-6,9H2/t12-/m0/s1. The van der Waals surface area contributed by atoms with Crippen LogP contribution in [0, 0.1) is 11.3 Å². The molecule has 1 fully saturated rings. The van der Waals surface area contributed by atoms with Gasteiger partial charge in [0, 0.05) is 18.9 Å². The van der Waals surface area contributed by atoms with Crippen molar-refractivity contribution < 1.29 is 4.79 Å². The Morgan fingerprint density at radius 2 is 2.47 bits per heavy atom. The van der Waals surface area contributed by atoms with Gasteiger partial charge in [-0.05, 0) is 30.9 Å². The van der Waals surface area contributed by atoms with E-state index in [1.165, 1.54) is 0 Å². The first-order valence-corrected chi connectivity index (χ1v) is 5.89. The molecule has 0 unspecified atom stereocenters. The van der Waals surface area contributed by atoms with Crippen molar-refractivity contribution in [1.29, 1.82) is 5.26 Å². The van der Waals surface area contributed by atoms with Crippen molar-refractivity contribution in [2.45, 2.75) is 31.7 Å². The number of piperidine rings is 1. The minimum absolute atomic E-state index is 0.0310. The zero-order valence-corrected chi connectivity index (χ0v) is 9.67. The van der Waals surface area contributed by atoms with Crippen LogP contribution in [0.2, 0.25) is 0 Å². The van der Waals surface area contributed by atoms with Crippen molar-refractivity contribution in [2.24, 2.45) is 0 Å². The summed E-state index contributed by atoms with van der Waals surface area (Å²) in [5.41, 5.74) is 1.07. The molecule has 1 saturated heterocycles. The van der Waals surface area contributed by atoms with Crippen LogP contribution in [-0.2, 0) is 4.79 Å². The quantitative estimate of drug-likeness (QED) is 0.779. The first kappa shape index (κ1) is 11.6. The van der Waals surface area contributed by atoms with Gasteiger partial charge in [-0.2, -0.15) is 5.26 Å². The number of hydrogen-bond acceptors (Lipinski definition) is 3. The molecule has 0 radical (unpaired) electrons. The van der Waals surface area contributed by atoms with Crippen molar-refractivity contribution in [3.63, 3.8) is 0 Å². The number of nitriles is 1. The molecule has 0 spiro atoms. The van der Waals surface area contributed by atoms with E-state index in [2.05, 4.69) is 4.98 Å². The van der Waals surface area contributed by atoms with Gasteiger partial charge in [-0.3, -0.25) is 9.78 Å². The maximum Gasteiger partial charge on any atom is 0.237 e. The number of amides is 1. The lowest BCUT2D eigenvalue weighted by molar-refractivity contribution is -0.133. The molecule has 0 aliphatic carbocycles. The maximum absolute atomic E-state index is 11.9. The highest BCUT2D eigenvalue weighted by Crippen LogP contribution is 2.30. The monoisotopic (exact) mass is 229 g/mol. The van der Waals surface area contributed by atoms with Crippen molar-refractivity contribution in [1.82, 2.24) is 9.88 Å². The van der Waals surface area contributed by atoms with Crippen LogP contribution in [-0.4, -0.2) is 22.3 Å². The number of carbonyl (C=O) groups excluding carboxylic acids is 1. The van der Waals surface area contributed by atoms with Gasteiger partial charge in [0.15, 0.2) is 0 Å². The molecule has 2 heterocycles. The molecule has 0 N–H and O–H groups in total. The summed E-state index contributed by atoms with van der Waals surface area (Å²) >= 11 is 0. The lowest BCUT2D eigenvalue weighted by Crippen LogP contribution is -2.38. The Morgan fingerprint density at radius 3 is 3.18 bits per heavy atom. The van der Waals surface area contributed by atoms with E-state index in [1.54, 1.807) is 6.20 Å². The zero-order valence-electron chi connectivity index (χ0n) is 9.67. The fraction of sp³-hybridized carbons (Fsp3) is 0.462. The Bertz CT molecular complexity index is 424. The summed E-state index contributed by atoms with van der Waals surface area (Å²) in [5.74, 6) is -0.0685. The second kappa shape index (κ2) is 5.44. The molecule has 4 heteroatoms. The third-order valence-electron chi connectivity index (χ3n) is 3.12. The van der Waals surface area contributed by atoms with Gasteiger partial charge in [-0.1, -0.05) is 6.07 Å². The van der Waals surface area contributed by atoms with Crippen LogP contribution < -0.4 is 0 Å². The Morgan fingerprint density at radius 1 is 1.59 bits per heavy atom. The van der Waals surface area contributed by atoms with Gasteiger partial charge in [0.1, 0.15) is 6.42 Å². The maximum atomic E-state index is 11.9. The van der Waals surface area contributed by atoms with Crippen molar-refractivity contribution in [2.75, 3.05) is 6.54 Å². The number of hydrogen-bond donors (Lipinski definition) is 0. The van der Waals surface area contributed by atoms with Crippen LogP contribution in [0.3, 0.4) is 0 Å². The molecule has 17 heavy (non-hydrogen) atoms. The van der Waals surface area contributed by atoms with Gasteiger partial charge in [0.2, 0.25) is 5.91 Å². The van der Waals surface area contributed by atoms with Gasteiger partial charge < -0.3 is 4.90 Å². The lowest BCUT2D eigenvalue weighted by atomic mass is 9.96. The Labute approximate surface area is 101 Å². The van der Waals surface area contributed by atoms with E-state index in [-0.39, 0.29) is 18.4 Å². The third-order valence-corrected chi connectivity index (χ3v) is 3.12. The van der Waals surface area contributed by atoms with Crippen LogP contribution in [0.5, 0.6) is 0 Å². The summed E-state index contributed by atoms with van der Waals surface area (Å²) in [6, 6.07) is 5.91. The summed E-state index contributed by atoms with van der Waals surface area (Å²) in [4.78, 5) is 17.8. The highest BCUT2D eigenvalue weighted by atomic mass is 16.2. The predicted molar refractivity (Wildman–Crippen MR) is 62.8 cm³/mol. The molecule has 4 nitrogen and oxygen atoms in total. The van der Waals surface area contributed by atoms with Crippen LogP contribution in [0.1, 0.15) is 37.3 Å². The van der Waals surface area contributed by atoms with E-state index in [1.807, 2.05) is 29.3 Å². The fourth-order valence-corrected chi connectivity index (χ4v) is 2.32. The average Bonchev–Trinajstić information content (AvgIpc) is 2.40. The van der Waals surface area contributed by atoms with Crippen molar-refractivity contribution >= 4 is 5.91 Å². The summed E-state index contributed by atoms with van der Waals surface area (Å²) < 4.78 is 0. The number of pyridine rings is 1. The van der Waals surface area contributed by atoms with Gasteiger partial charge >= 0.3 is 0 Å². The molecular formula is C13H15N3O. The number of nitrogens with zero attached hydrogens (tertiary/aromatic N) is 3. The Hall–Kier alpha value is -1.89. The minimum Gasteiger partial charge on any atom is -0.335 e. The Kier molecular flexibility index (Phi) is 3.71. The highest BCUT2D eigenvalue weighted by Gasteiger charge is 2.27. The van der Waals surface area contributed by atoms with Gasteiger partial charge in [-0.15, -0.1) is 0 Å². The molecular weight excluding hydrogens is 214 g/mol. The van der Waals surface area contributed by atoms with E-state index in [4.69, 9.17) is 5.26 Å². The molecule has 1 aromatic rings. The second-order valence-corrected chi connectivity index (χ2v) is 4.22. The third kappa shape index (κ3) is 2.62. The van der Waals surface area contributed by atoms with E-state index in [9.17, 15) is 4.79 Å². The number of rotatable bonds is 2. The lowest BCUT2D eigenvalue weighted by Gasteiger charge is -2.35. The van der Waals surface area contributed by atoms with E-state index >= 15 is 0 Å². The van der Waals surface area contributed by atoms with Crippen LogP contribution in [0.25, 0.3) is 0 Å². The van der Waals surface area contributed by atoms with Gasteiger partial charge in [0.05, 0.1) is 12.1 Å². The summed E-state index contributed by atoms with van der Waals surface area (Å²) in [7, 11) is 0. The first-order valence-electron chi connectivity index (χ1n) is 5.89. The summed E-state index contributed by atoms with van der Waals surface area (Å²) in [6.07, 6.45) is 6.61. The molecule has 1 aliphatic rings. The molecule has 0 bridgehead atoms. The zero-order chi connectivity index (χ0) is 12.1. The summed E-state index contributed by atoms with van der Waals surface area (Å²) in [5, 5.41) is 8.61. The normalized spacial score (nSPS) is 19.7. The van der Waals surface area contributed by atoms with Crippen LogP contribution >= 0.6 is 0 Å². The smallest absolute Gasteiger partial charge is 0.237 e. The molecule has 1 aliphatic heterocycles. The molecule has 2 rings (SSSR count). The second-order valence-electron chi connectivity index (χ2n) is 4.22. The first-order chi connectivity index (χ1) is 8.33. The summed E-state index contributed by atoms with van der Waals surface area (Å²) in [6.45, 7) is 0.750. The van der Waals surface area contributed by atoms with Crippen molar-refractivity contribution in [3.05, 3.63) is 30.1 Å². The van der Waals surface area contributed by atoms with Crippen LogP contribution in [0.15, 0.2) is 24.5 Å². The van der Waals surface area contributed by atoms with Crippen molar-refractivity contribution in [3.8, 4) is 6.07 Å². The molecule has 1 atom stereocenters. The van der Waals surface area contributed by atoms with E-state index < -0.39 is 0 Å².